The smallest absolute Gasteiger partial charge is 0.323 e. The van der Waals surface area contributed by atoms with E-state index in [9.17, 15) is 10.1 Å². The van der Waals surface area contributed by atoms with Crippen molar-refractivity contribution in [3.63, 3.8) is 0 Å². The SMILES string of the molecule is C=CC[C@@H](N)c1ccc([N+](=O)[O-])s1. The van der Waals surface area contributed by atoms with E-state index in [0.29, 0.717) is 6.42 Å². The Morgan fingerprint density at radius 2 is 2.46 bits per heavy atom. The molecule has 0 spiro atoms. The van der Waals surface area contributed by atoms with Gasteiger partial charge >= 0.3 is 5.00 Å². The van der Waals surface area contributed by atoms with Crippen LogP contribution in [-0.2, 0) is 0 Å². The average Bonchev–Trinajstić information content (AvgIpc) is 2.52. The molecule has 0 saturated carbocycles. The van der Waals surface area contributed by atoms with E-state index in [0.717, 1.165) is 16.2 Å². The first-order chi connectivity index (χ1) is 6.15. The van der Waals surface area contributed by atoms with Crippen LogP contribution in [0, 0.1) is 10.1 Å². The quantitative estimate of drug-likeness (QED) is 0.458. The summed E-state index contributed by atoms with van der Waals surface area (Å²) in [6, 6.07) is 3.00. The Labute approximate surface area is 79.8 Å². The van der Waals surface area contributed by atoms with E-state index in [2.05, 4.69) is 6.58 Å². The summed E-state index contributed by atoms with van der Waals surface area (Å²) in [5.41, 5.74) is 5.74. The molecule has 1 heterocycles. The lowest BCUT2D eigenvalue weighted by atomic mass is 10.2. The zero-order valence-corrected chi connectivity index (χ0v) is 7.79. The average molecular weight is 198 g/mol. The second kappa shape index (κ2) is 4.15. The third-order valence-corrected chi connectivity index (χ3v) is 2.75. The fraction of sp³-hybridized carbons (Fsp3) is 0.250. The topological polar surface area (TPSA) is 69.2 Å². The Morgan fingerprint density at radius 3 is 2.92 bits per heavy atom. The van der Waals surface area contributed by atoms with Crippen LogP contribution >= 0.6 is 11.3 Å². The summed E-state index contributed by atoms with van der Waals surface area (Å²) in [5.74, 6) is 0. The number of nitrogens with two attached hydrogens (primary N) is 1. The zero-order valence-electron chi connectivity index (χ0n) is 6.97. The van der Waals surface area contributed by atoms with Crippen LogP contribution in [0.4, 0.5) is 5.00 Å². The van der Waals surface area contributed by atoms with E-state index in [1.54, 1.807) is 12.1 Å². The van der Waals surface area contributed by atoms with Gasteiger partial charge in [0.1, 0.15) is 0 Å². The fourth-order valence-electron chi connectivity index (χ4n) is 0.935. The first kappa shape index (κ1) is 9.88. The first-order valence-corrected chi connectivity index (χ1v) is 4.57. The van der Waals surface area contributed by atoms with Gasteiger partial charge in [0.2, 0.25) is 0 Å². The molecule has 0 amide bonds. The molecule has 0 aliphatic heterocycles. The van der Waals surface area contributed by atoms with Crippen molar-refractivity contribution in [3.05, 3.63) is 39.8 Å². The molecule has 0 saturated heterocycles. The van der Waals surface area contributed by atoms with Gasteiger partial charge in [0, 0.05) is 17.0 Å². The number of thiophene rings is 1. The summed E-state index contributed by atoms with van der Waals surface area (Å²) in [6.07, 6.45) is 2.34. The Balaban J connectivity index is 2.78. The number of hydrogen-bond donors (Lipinski definition) is 1. The second-order valence-corrected chi connectivity index (χ2v) is 3.66. The van der Waals surface area contributed by atoms with E-state index in [1.807, 2.05) is 0 Å². The van der Waals surface area contributed by atoms with E-state index >= 15 is 0 Å². The molecule has 0 radical (unpaired) electrons. The normalized spacial score (nSPS) is 12.4. The van der Waals surface area contributed by atoms with Gasteiger partial charge in [-0.15, -0.1) is 6.58 Å². The molecule has 1 rings (SSSR count). The van der Waals surface area contributed by atoms with Crippen LogP contribution in [0.5, 0.6) is 0 Å². The summed E-state index contributed by atoms with van der Waals surface area (Å²) >= 11 is 1.12. The standard InChI is InChI=1S/C8H10N2O2S/c1-2-3-6(9)7-4-5-8(13-7)10(11)12/h2,4-6H,1,3,9H2/t6-/m1/s1. The minimum atomic E-state index is -0.408. The monoisotopic (exact) mass is 198 g/mol. The molecule has 0 unspecified atom stereocenters. The van der Waals surface area contributed by atoms with Gasteiger partial charge in [-0.25, -0.2) is 0 Å². The summed E-state index contributed by atoms with van der Waals surface area (Å²) in [7, 11) is 0. The van der Waals surface area contributed by atoms with Crippen molar-refractivity contribution in [1.29, 1.82) is 0 Å². The lowest BCUT2D eigenvalue weighted by Crippen LogP contribution is -2.06. The van der Waals surface area contributed by atoms with Crippen LogP contribution < -0.4 is 5.73 Å². The van der Waals surface area contributed by atoms with Gasteiger partial charge in [-0.3, -0.25) is 10.1 Å². The van der Waals surface area contributed by atoms with Crippen molar-refractivity contribution >= 4 is 16.3 Å². The summed E-state index contributed by atoms with van der Waals surface area (Å²) in [5, 5.41) is 10.5. The molecular weight excluding hydrogens is 188 g/mol. The van der Waals surface area contributed by atoms with Crippen LogP contribution in [0.2, 0.25) is 0 Å². The fourth-order valence-corrected chi connectivity index (χ4v) is 1.77. The van der Waals surface area contributed by atoms with Crippen LogP contribution in [-0.4, -0.2) is 4.92 Å². The van der Waals surface area contributed by atoms with Crippen molar-refractivity contribution < 1.29 is 4.92 Å². The number of nitrogens with zero attached hydrogens (tertiary/aromatic N) is 1. The summed E-state index contributed by atoms with van der Waals surface area (Å²) in [6.45, 7) is 3.56. The third kappa shape index (κ3) is 2.37. The van der Waals surface area contributed by atoms with Gasteiger partial charge in [-0.2, -0.15) is 0 Å². The minimum absolute atomic E-state index is 0.134. The van der Waals surface area contributed by atoms with E-state index in [1.165, 1.54) is 6.07 Å². The molecule has 13 heavy (non-hydrogen) atoms. The maximum absolute atomic E-state index is 10.3. The molecule has 0 aromatic carbocycles. The molecule has 1 aromatic rings. The van der Waals surface area contributed by atoms with Crippen LogP contribution in [0.3, 0.4) is 0 Å². The van der Waals surface area contributed by atoms with Crippen molar-refractivity contribution in [2.45, 2.75) is 12.5 Å². The predicted molar refractivity (Wildman–Crippen MR) is 52.7 cm³/mol. The number of hydrogen-bond acceptors (Lipinski definition) is 4. The van der Waals surface area contributed by atoms with Crippen molar-refractivity contribution in [2.75, 3.05) is 0 Å². The maximum atomic E-state index is 10.3. The third-order valence-electron chi connectivity index (χ3n) is 1.58. The lowest BCUT2D eigenvalue weighted by Gasteiger charge is -2.03. The van der Waals surface area contributed by atoms with Gasteiger partial charge in [0.25, 0.3) is 0 Å². The molecule has 1 aromatic heterocycles. The van der Waals surface area contributed by atoms with Gasteiger partial charge in [0.05, 0.1) is 4.92 Å². The molecular formula is C8H10N2O2S. The van der Waals surface area contributed by atoms with Crippen LogP contribution in [0.15, 0.2) is 24.8 Å². The Kier molecular flexibility index (Phi) is 3.16. The Bertz CT molecular complexity index is 322. The number of rotatable bonds is 4. The van der Waals surface area contributed by atoms with Gasteiger partial charge in [0.15, 0.2) is 0 Å². The molecule has 0 aliphatic carbocycles. The molecule has 1 atom stereocenters. The van der Waals surface area contributed by atoms with Gasteiger partial charge in [-0.05, 0) is 12.5 Å². The van der Waals surface area contributed by atoms with E-state index < -0.39 is 4.92 Å². The Morgan fingerprint density at radius 1 is 1.77 bits per heavy atom. The highest BCUT2D eigenvalue weighted by atomic mass is 32.1. The molecule has 0 fully saturated rings. The first-order valence-electron chi connectivity index (χ1n) is 3.75. The Hall–Kier alpha value is -1.20. The van der Waals surface area contributed by atoms with Crippen molar-refractivity contribution in [2.24, 2.45) is 5.73 Å². The van der Waals surface area contributed by atoms with E-state index in [-0.39, 0.29) is 11.0 Å². The van der Waals surface area contributed by atoms with Crippen molar-refractivity contribution in [3.8, 4) is 0 Å². The highest BCUT2D eigenvalue weighted by molar-refractivity contribution is 7.15. The lowest BCUT2D eigenvalue weighted by molar-refractivity contribution is -0.380. The highest BCUT2D eigenvalue weighted by Gasteiger charge is 2.13. The maximum Gasteiger partial charge on any atom is 0.324 e. The summed E-state index contributed by atoms with van der Waals surface area (Å²) < 4.78 is 0. The number of nitro groups is 1. The molecule has 0 bridgehead atoms. The van der Waals surface area contributed by atoms with Crippen LogP contribution in [0.1, 0.15) is 17.3 Å². The second-order valence-electron chi connectivity index (χ2n) is 2.56. The van der Waals surface area contributed by atoms with Crippen molar-refractivity contribution in [1.82, 2.24) is 0 Å². The predicted octanol–water partition coefficient (Wildman–Crippen LogP) is 2.23. The molecule has 5 heteroatoms. The molecule has 70 valence electrons. The van der Waals surface area contributed by atoms with Gasteiger partial charge in [-0.1, -0.05) is 17.4 Å². The highest BCUT2D eigenvalue weighted by Crippen LogP contribution is 2.28. The summed E-state index contributed by atoms with van der Waals surface area (Å²) in [4.78, 5) is 10.8. The zero-order chi connectivity index (χ0) is 9.84. The van der Waals surface area contributed by atoms with Crippen LogP contribution in [0.25, 0.3) is 0 Å². The molecule has 2 N–H and O–H groups in total. The van der Waals surface area contributed by atoms with E-state index in [4.69, 9.17) is 5.73 Å². The largest absolute Gasteiger partial charge is 0.324 e. The molecule has 4 nitrogen and oxygen atoms in total. The molecule has 0 aliphatic rings. The minimum Gasteiger partial charge on any atom is -0.323 e. The van der Waals surface area contributed by atoms with Gasteiger partial charge < -0.3 is 5.73 Å².